The van der Waals surface area contributed by atoms with Crippen molar-refractivity contribution in [2.75, 3.05) is 19.8 Å². The van der Waals surface area contributed by atoms with Gasteiger partial charge >= 0.3 is 0 Å². The molecule has 0 saturated heterocycles. The van der Waals surface area contributed by atoms with Gasteiger partial charge < -0.3 is 14.8 Å². The third kappa shape index (κ3) is 4.94. The molecule has 1 N–H and O–H groups in total. The number of ether oxygens (including phenoxy) is 2. The normalized spacial score (nSPS) is 12.6. The molecule has 3 aromatic rings. The highest BCUT2D eigenvalue weighted by Gasteiger charge is 2.16. The Morgan fingerprint density at radius 3 is 2.77 bits per heavy atom. The third-order valence-electron chi connectivity index (χ3n) is 4.90. The zero-order valence-corrected chi connectivity index (χ0v) is 18.3. The number of fused-ring (bicyclic) bond motifs is 1. The minimum Gasteiger partial charge on any atom is -0.486 e. The lowest BCUT2D eigenvalue weighted by atomic mass is 10.1. The number of aryl methyl sites for hydroxylation is 1. The zero-order chi connectivity index (χ0) is 20.9. The van der Waals surface area contributed by atoms with Gasteiger partial charge in [-0.15, -0.1) is 11.3 Å². The van der Waals surface area contributed by atoms with Crippen LogP contribution < -0.4 is 14.8 Å². The number of amides is 1. The molecule has 1 aliphatic rings. The van der Waals surface area contributed by atoms with Crippen molar-refractivity contribution in [2.24, 2.45) is 0 Å². The summed E-state index contributed by atoms with van der Waals surface area (Å²) < 4.78 is 11.1. The second kappa shape index (κ2) is 9.49. The maximum Gasteiger partial charge on any atom is 0.226 e. The number of rotatable bonds is 7. The summed E-state index contributed by atoms with van der Waals surface area (Å²) in [6, 6.07) is 12.2. The minimum atomic E-state index is -0.0446. The molecule has 0 fully saturated rings. The fourth-order valence-corrected chi connectivity index (χ4v) is 4.40. The van der Waals surface area contributed by atoms with Crippen molar-refractivity contribution in [1.29, 1.82) is 0 Å². The van der Waals surface area contributed by atoms with Gasteiger partial charge in [0.05, 0.1) is 17.1 Å². The quantitative estimate of drug-likeness (QED) is 0.576. The summed E-state index contributed by atoms with van der Waals surface area (Å²) in [5.74, 6) is 1.22. The lowest BCUT2D eigenvalue weighted by Crippen LogP contribution is -2.27. The number of hydrogen-bond donors (Lipinski definition) is 1. The first-order valence-electron chi connectivity index (χ1n) is 10.0. The van der Waals surface area contributed by atoms with Gasteiger partial charge in [-0.3, -0.25) is 4.79 Å². The monoisotopic (exact) mass is 442 g/mol. The van der Waals surface area contributed by atoms with E-state index in [4.69, 9.17) is 21.1 Å². The predicted molar refractivity (Wildman–Crippen MR) is 120 cm³/mol. The molecule has 0 atom stereocenters. The maximum absolute atomic E-state index is 12.3. The van der Waals surface area contributed by atoms with Gasteiger partial charge in [0.25, 0.3) is 0 Å². The van der Waals surface area contributed by atoms with Crippen molar-refractivity contribution in [3.05, 3.63) is 63.6 Å². The summed E-state index contributed by atoms with van der Waals surface area (Å²) in [4.78, 5) is 16.9. The van der Waals surface area contributed by atoms with Crippen LogP contribution in [-0.2, 0) is 24.1 Å². The Kier molecular flexibility index (Phi) is 6.55. The molecule has 0 spiro atoms. The Morgan fingerprint density at radius 2 is 1.97 bits per heavy atom. The van der Waals surface area contributed by atoms with E-state index in [0.29, 0.717) is 42.7 Å². The maximum atomic E-state index is 12.3. The molecule has 7 heteroatoms. The summed E-state index contributed by atoms with van der Waals surface area (Å²) in [6.07, 6.45) is 1.95. The predicted octanol–water partition coefficient (Wildman–Crippen LogP) is 4.70. The number of benzene rings is 2. The van der Waals surface area contributed by atoms with E-state index >= 15 is 0 Å². The molecule has 2 heterocycles. The molecule has 0 aliphatic carbocycles. The van der Waals surface area contributed by atoms with E-state index in [2.05, 4.69) is 41.5 Å². The summed E-state index contributed by atoms with van der Waals surface area (Å²) in [5, 5.41) is 6.38. The SMILES string of the molecule is CCc1ccc(-c2nc(CC(=O)NCCc3cc(Cl)c4c(c3)OCCO4)cs2)cc1. The number of hydrogen-bond acceptors (Lipinski definition) is 5. The molecule has 1 aromatic heterocycles. The first-order chi connectivity index (χ1) is 14.6. The van der Waals surface area contributed by atoms with Crippen molar-refractivity contribution in [2.45, 2.75) is 26.2 Å². The lowest BCUT2D eigenvalue weighted by molar-refractivity contribution is -0.120. The molecule has 5 nitrogen and oxygen atoms in total. The summed E-state index contributed by atoms with van der Waals surface area (Å²) in [6.45, 7) is 3.67. The van der Waals surface area contributed by atoms with Gasteiger partial charge in [-0.25, -0.2) is 4.98 Å². The van der Waals surface area contributed by atoms with E-state index in [9.17, 15) is 4.79 Å². The minimum absolute atomic E-state index is 0.0446. The van der Waals surface area contributed by atoms with Gasteiger partial charge in [-0.1, -0.05) is 42.8 Å². The molecule has 0 unspecified atom stereocenters. The number of carbonyl (C=O) groups excluding carboxylic acids is 1. The second-order valence-corrected chi connectivity index (χ2v) is 8.34. The number of aromatic nitrogens is 1. The van der Waals surface area contributed by atoms with Gasteiger partial charge in [0.15, 0.2) is 11.5 Å². The van der Waals surface area contributed by atoms with Crippen LogP contribution in [-0.4, -0.2) is 30.6 Å². The molecule has 2 aromatic carbocycles. The van der Waals surface area contributed by atoms with Crippen LogP contribution >= 0.6 is 22.9 Å². The average Bonchev–Trinajstić information content (AvgIpc) is 3.22. The van der Waals surface area contributed by atoms with E-state index in [1.165, 1.54) is 5.56 Å². The van der Waals surface area contributed by atoms with E-state index in [1.54, 1.807) is 11.3 Å². The van der Waals surface area contributed by atoms with Crippen molar-refractivity contribution >= 4 is 28.8 Å². The molecule has 0 radical (unpaired) electrons. The van der Waals surface area contributed by atoms with Crippen molar-refractivity contribution in [3.8, 4) is 22.1 Å². The van der Waals surface area contributed by atoms with Crippen molar-refractivity contribution < 1.29 is 14.3 Å². The van der Waals surface area contributed by atoms with Crippen LogP contribution in [0.4, 0.5) is 0 Å². The van der Waals surface area contributed by atoms with Gasteiger partial charge in [0.2, 0.25) is 5.91 Å². The Labute approximate surface area is 185 Å². The van der Waals surface area contributed by atoms with E-state index in [0.717, 1.165) is 28.2 Å². The molecular formula is C23H23ClN2O3S. The summed E-state index contributed by atoms with van der Waals surface area (Å²) in [5.41, 5.74) is 4.17. The first-order valence-corrected chi connectivity index (χ1v) is 11.3. The Hall–Kier alpha value is -2.57. The van der Waals surface area contributed by atoms with Gasteiger partial charge in [0.1, 0.15) is 18.2 Å². The molecular weight excluding hydrogens is 420 g/mol. The lowest BCUT2D eigenvalue weighted by Gasteiger charge is -2.20. The van der Waals surface area contributed by atoms with Crippen LogP contribution in [0.3, 0.4) is 0 Å². The summed E-state index contributed by atoms with van der Waals surface area (Å²) in [7, 11) is 0. The van der Waals surface area contributed by atoms with E-state index < -0.39 is 0 Å². The third-order valence-corrected chi connectivity index (χ3v) is 6.12. The van der Waals surface area contributed by atoms with Crippen LogP contribution in [0.2, 0.25) is 5.02 Å². The number of thiazole rings is 1. The van der Waals surface area contributed by atoms with Crippen LogP contribution in [0, 0.1) is 0 Å². The highest BCUT2D eigenvalue weighted by atomic mass is 35.5. The van der Waals surface area contributed by atoms with Crippen LogP contribution in [0.25, 0.3) is 10.6 Å². The fourth-order valence-electron chi connectivity index (χ4n) is 3.29. The molecule has 1 aliphatic heterocycles. The molecule has 1 amide bonds. The Balaban J connectivity index is 1.29. The van der Waals surface area contributed by atoms with Crippen molar-refractivity contribution in [1.82, 2.24) is 10.3 Å². The first kappa shape index (κ1) is 20.7. The molecule has 4 rings (SSSR count). The Bertz CT molecular complexity index is 1030. The van der Waals surface area contributed by atoms with E-state index in [1.807, 2.05) is 17.5 Å². The molecule has 0 saturated carbocycles. The topological polar surface area (TPSA) is 60.5 Å². The van der Waals surface area contributed by atoms with Gasteiger partial charge in [-0.05, 0) is 36.1 Å². The zero-order valence-electron chi connectivity index (χ0n) is 16.7. The number of halogens is 1. The second-order valence-electron chi connectivity index (χ2n) is 7.07. The highest BCUT2D eigenvalue weighted by Crippen LogP contribution is 2.38. The smallest absolute Gasteiger partial charge is 0.226 e. The largest absolute Gasteiger partial charge is 0.486 e. The highest BCUT2D eigenvalue weighted by molar-refractivity contribution is 7.13. The number of carbonyl (C=O) groups is 1. The van der Waals surface area contributed by atoms with Crippen molar-refractivity contribution in [3.63, 3.8) is 0 Å². The van der Waals surface area contributed by atoms with Crippen LogP contribution in [0.5, 0.6) is 11.5 Å². The van der Waals surface area contributed by atoms with Gasteiger partial charge in [-0.2, -0.15) is 0 Å². The summed E-state index contributed by atoms with van der Waals surface area (Å²) >= 11 is 7.83. The van der Waals surface area contributed by atoms with Gasteiger partial charge in [0, 0.05) is 17.5 Å². The average molecular weight is 443 g/mol. The molecule has 0 bridgehead atoms. The molecule has 156 valence electrons. The standard InChI is InChI=1S/C23H23ClN2O3S/c1-2-15-3-5-17(6-4-15)23-26-18(14-30-23)13-21(27)25-8-7-16-11-19(24)22-20(12-16)28-9-10-29-22/h3-6,11-12,14H,2,7-10,13H2,1H3,(H,25,27). The van der Waals surface area contributed by atoms with Crippen LogP contribution in [0.1, 0.15) is 23.7 Å². The van der Waals surface area contributed by atoms with E-state index in [-0.39, 0.29) is 12.3 Å². The fraction of sp³-hybridized carbons (Fsp3) is 0.304. The Morgan fingerprint density at radius 1 is 1.17 bits per heavy atom. The number of nitrogens with one attached hydrogen (secondary N) is 1. The number of nitrogens with zero attached hydrogens (tertiary/aromatic N) is 1. The van der Waals surface area contributed by atoms with Crippen LogP contribution in [0.15, 0.2) is 41.8 Å². The molecule has 30 heavy (non-hydrogen) atoms.